The van der Waals surface area contributed by atoms with Crippen LogP contribution >= 0.6 is 0 Å². The third kappa shape index (κ3) is 6.75. The molecule has 0 bridgehead atoms. The smallest absolute Gasteiger partial charge is 0.412 e. The Kier molecular flexibility index (Phi) is 8.55. The van der Waals surface area contributed by atoms with Gasteiger partial charge in [0.25, 0.3) is 0 Å². The molecular formula is C24H28F2N4O4. The number of aliphatic hydroxyl groups is 1. The number of benzene rings is 2. The summed E-state index contributed by atoms with van der Waals surface area (Å²) < 4.78 is 39.5. The predicted octanol–water partition coefficient (Wildman–Crippen LogP) is 3.11. The maximum absolute atomic E-state index is 14.5. The van der Waals surface area contributed by atoms with Crippen molar-refractivity contribution in [2.24, 2.45) is 5.10 Å². The number of halogens is 2. The number of amides is 1. The molecule has 0 radical (unpaired) electrons. The number of carbonyl (C=O) groups excluding carboxylic acids is 1. The largest absolute Gasteiger partial charge is 0.486 e. The molecule has 2 N–H and O–H groups in total. The third-order valence-corrected chi connectivity index (χ3v) is 4.82. The van der Waals surface area contributed by atoms with Gasteiger partial charge in [-0.1, -0.05) is 12.1 Å². The fourth-order valence-electron chi connectivity index (χ4n) is 3.15. The van der Waals surface area contributed by atoms with Crippen LogP contribution in [0.2, 0.25) is 0 Å². The Bertz CT molecular complexity index is 1050. The van der Waals surface area contributed by atoms with Crippen LogP contribution in [0.15, 0.2) is 53.7 Å². The molecular weight excluding hydrogens is 446 g/mol. The van der Waals surface area contributed by atoms with Crippen molar-refractivity contribution in [1.29, 1.82) is 0 Å². The van der Waals surface area contributed by atoms with Gasteiger partial charge in [0.15, 0.2) is 23.6 Å². The summed E-state index contributed by atoms with van der Waals surface area (Å²) >= 11 is 0. The van der Waals surface area contributed by atoms with Crippen molar-refractivity contribution < 1.29 is 28.2 Å². The van der Waals surface area contributed by atoms with E-state index >= 15 is 0 Å². The fourth-order valence-corrected chi connectivity index (χ4v) is 3.15. The summed E-state index contributed by atoms with van der Waals surface area (Å²) in [5.74, 6) is -1.77. The molecule has 3 rings (SSSR count). The predicted molar refractivity (Wildman–Crippen MR) is 124 cm³/mol. The van der Waals surface area contributed by atoms with E-state index in [0.717, 1.165) is 12.1 Å². The van der Waals surface area contributed by atoms with E-state index in [2.05, 4.69) is 10.4 Å². The number of carbonyl (C=O) groups is 1. The minimum Gasteiger partial charge on any atom is -0.486 e. The Morgan fingerprint density at radius 3 is 2.65 bits per heavy atom. The summed E-state index contributed by atoms with van der Waals surface area (Å²) in [6, 6.07) is 9.06. The Hall–Kier alpha value is -3.50. The van der Waals surface area contributed by atoms with Gasteiger partial charge in [-0.15, -0.1) is 0 Å². The molecule has 10 heteroatoms. The quantitative estimate of drug-likeness (QED) is 0.581. The van der Waals surface area contributed by atoms with Crippen LogP contribution in [0.5, 0.6) is 11.5 Å². The van der Waals surface area contributed by atoms with E-state index in [1.165, 1.54) is 17.2 Å². The maximum Gasteiger partial charge on any atom is 0.412 e. The second-order valence-corrected chi connectivity index (χ2v) is 7.84. The number of hydrogen-bond donors (Lipinski definition) is 2. The summed E-state index contributed by atoms with van der Waals surface area (Å²) in [6.45, 7) is 3.04. The highest BCUT2D eigenvalue weighted by atomic mass is 19.1. The highest BCUT2D eigenvalue weighted by molar-refractivity contribution is 6.09. The number of nitrogens with one attached hydrogen (secondary N) is 1. The van der Waals surface area contributed by atoms with Gasteiger partial charge in [-0.05, 0) is 63.0 Å². The van der Waals surface area contributed by atoms with Crippen LogP contribution in [0.4, 0.5) is 13.6 Å². The van der Waals surface area contributed by atoms with Gasteiger partial charge in [-0.2, -0.15) is 5.10 Å². The number of allylic oxidation sites excluding steroid dienone is 1. The van der Waals surface area contributed by atoms with Gasteiger partial charge in [0.05, 0.1) is 12.3 Å². The molecule has 0 aromatic heterocycles. The highest BCUT2D eigenvalue weighted by Gasteiger charge is 2.20. The van der Waals surface area contributed by atoms with Crippen molar-refractivity contribution in [3.05, 3.63) is 71.3 Å². The first-order valence-electron chi connectivity index (χ1n) is 10.8. The molecule has 1 heterocycles. The second-order valence-electron chi connectivity index (χ2n) is 7.84. The number of ether oxygens (including phenoxy) is 2. The molecule has 0 fully saturated rings. The standard InChI is InChI=1S/C24H28F2N4O4/c1-4-27-24(32)34-18-7-5-6-16(12-18)15-30-22(31)9-8-21(28-30)17-13-19(25)23(20(26)14-17)33-11-10-29(2)3/h5-9,12-14,22,31H,4,10-11,15H2,1-3H3,(H,27,32). The average molecular weight is 475 g/mol. The van der Waals surface area contributed by atoms with E-state index < -0.39 is 29.7 Å². The zero-order valence-corrected chi connectivity index (χ0v) is 19.3. The van der Waals surface area contributed by atoms with Crippen LogP contribution in [-0.4, -0.2) is 66.8 Å². The topological polar surface area (TPSA) is 86.6 Å². The highest BCUT2D eigenvalue weighted by Crippen LogP contribution is 2.25. The first-order chi connectivity index (χ1) is 16.3. The number of rotatable bonds is 9. The molecule has 1 aliphatic rings. The Morgan fingerprint density at radius 1 is 1.24 bits per heavy atom. The molecule has 2 aromatic rings. The van der Waals surface area contributed by atoms with Crippen LogP contribution < -0.4 is 14.8 Å². The lowest BCUT2D eigenvalue weighted by Crippen LogP contribution is -2.32. The SMILES string of the molecule is CCNC(=O)Oc1cccc(CN2N=C(c3cc(F)c(OCCN(C)C)c(F)c3)C=CC2O)c1. The van der Waals surface area contributed by atoms with Crippen molar-refractivity contribution in [3.8, 4) is 11.5 Å². The molecule has 2 aromatic carbocycles. The number of hydrogen-bond acceptors (Lipinski definition) is 7. The Balaban J connectivity index is 1.76. The number of nitrogens with zero attached hydrogens (tertiary/aromatic N) is 3. The number of aliphatic hydroxyl groups excluding tert-OH is 1. The lowest BCUT2D eigenvalue weighted by molar-refractivity contribution is 0.0357. The molecule has 0 aliphatic carbocycles. The first-order valence-corrected chi connectivity index (χ1v) is 10.8. The average Bonchev–Trinajstić information content (AvgIpc) is 2.77. The van der Waals surface area contributed by atoms with Crippen LogP contribution in [0, 0.1) is 11.6 Å². The summed E-state index contributed by atoms with van der Waals surface area (Å²) in [4.78, 5) is 13.5. The van der Waals surface area contributed by atoms with E-state index in [1.54, 1.807) is 31.2 Å². The van der Waals surface area contributed by atoms with Gasteiger partial charge in [0, 0.05) is 18.7 Å². The van der Waals surface area contributed by atoms with E-state index in [4.69, 9.17) is 9.47 Å². The molecule has 182 valence electrons. The van der Waals surface area contributed by atoms with Gasteiger partial charge < -0.3 is 24.8 Å². The molecule has 1 atom stereocenters. The van der Waals surface area contributed by atoms with Crippen LogP contribution in [0.3, 0.4) is 0 Å². The van der Waals surface area contributed by atoms with Gasteiger partial charge in [0.1, 0.15) is 12.4 Å². The minimum atomic E-state index is -1.04. The molecule has 0 saturated carbocycles. The van der Waals surface area contributed by atoms with Crippen molar-refractivity contribution in [3.63, 3.8) is 0 Å². The Labute approximate surface area is 197 Å². The summed E-state index contributed by atoms with van der Waals surface area (Å²) in [5.41, 5.74) is 1.19. The van der Waals surface area contributed by atoms with Crippen LogP contribution in [0.25, 0.3) is 0 Å². The minimum absolute atomic E-state index is 0.143. The molecule has 1 unspecified atom stereocenters. The van der Waals surface area contributed by atoms with E-state index in [1.807, 2.05) is 19.0 Å². The lowest BCUT2D eigenvalue weighted by Gasteiger charge is -2.27. The summed E-state index contributed by atoms with van der Waals surface area (Å²) in [7, 11) is 3.67. The van der Waals surface area contributed by atoms with Crippen molar-refractivity contribution in [2.75, 3.05) is 33.8 Å². The van der Waals surface area contributed by atoms with Crippen LogP contribution in [0.1, 0.15) is 18.1 Å². The fraction of sp³-hybridized carbons (Fsp3) is 0.333. The first kappa shape index (κ1) is 25.1. The summed E-state index contributed by atoms with van der Waals surface area (Å²) in [6.07, 6.45) is 1.35. The molecule has 34 heavy (non-hydrogen) atoms. The molecule has 1 aliphatic heterocycles. The molecule has 0 spiro atoms. The number of likely N-dealkylation sites (N-methyl/N-ethyl adjacent to an activating group) is 1. The molecule has 0 saturated heterocycles. The zero-order chi connectivity index (χ0) is 24.7. The van der Waals surface area contributed by atoms with Gasteiger partial charge >= 0.3 is 6.09 Å². The van der Waals surface area contributed by atoms with Crippen molar-refractivity contribution in [1.82, 2.24) is 15.2 Å². The Morgan fingerprint density at radius 2 is 1.97 bits per heavy atom. The van der Waals surface area contributed by atoms with Crippen molar-refractivity contribution >= 4 is 11.8 Å². The van der Waals surface area contributed by atoms with E-state index in [9.17, 15) is 18.7 Å². The van der Waals surface area contributed by atoms with Crippen molar-refractivity contribution in [2.45, 2.75) is 19.7 Å². The zero-order valence-electron chi connectivity index (χ0n) is 19.3. The normalized spacial score (nSPS) is 15.3. The van der Waals surface area contributed by atoms with Gasteiger partial charge in [-0.3, -0.25) is 5.01 Å². The lowest BCUT2D eigenvalue weighted by atomic mass is 10.1. The van der Waals surface area contributed by atoms with E-state index in [-0.39, 0.29) is 24.4 Å². The van der Waals surface area contributed by atoms with Gasteiger partial charge in [0.2, 0.25) is 0 Å². The molecule has 8 nitrogen and oxygen atoms in total. The molecule has 1 amide bonds. The summed E-state index contributed by atoms with van der Waals surface area (Å²) in [5, 5.41) is 18.6. The van der Waals surface area contributed by atoms with Gasteiger partial charge in [-0.25, -0.2) is 13.6 Å². The third-order valence-electron chi connectivity index (χ3n) is 4.82. The monoisotopic (exact) mass is 474 g/mol. The van der Waals surface area contributed by atoms with E-state index in [0.29, 0.717) is 24.4 Å². The second kappa shape index (κ2) is 11.6. The van der Waals surface area contributed by atoms with Crippen LogP contribution in [-0.2, 0) is 6.54 Å². The maximum atomic E-state index is 14.5. The number of hydrazone groups is 1.